The van der Waals surface area contributed by atoms with Crippen molar-refractivity contribution < 1.29 is 8.42 Å². The van der Waals surface area contributed by atoms with Crippen LogP contribution < -0.4 is 10.4 Å². The maximum atomic E-state index is 12.6. The molecule has 0 amide bonds. The van der Waals surface area contributed by atoms with E-state index in [0.29, 0.717) is 24.0 Å². The third-order valence-electron chi connectivity index (χ3n) is 5.10. The first-order valence-corrected chi connectivity index (χ1v) is 10.6. The van der Waals surface area contributed by atoms with Gasteiger partial charge in [-0.05, 0) is 42.1 Å². The first-order chi connectivity index (χ1) is 13.4. The summed E-state index contributed by atoms with van der Waals surface area (Å²) in [7, 11) is -0.336. The molecule has 2 heterocycles. The van der Waals surface area contributed by atoms with Gasteiger partial charge >= 0.3 is 5.69 Å². The molecule has 7 nitrogen and oxygen atoms in total. The lowest BCUT2D eigenvalue weighted by molar-refractivity contribution is 0.572. The van der Waals surface area contributed by atoms with E-state index >= 15 is 0 Å². The van der Waals surface area contributed by atoms with Crippen molar-refractivity contribution in [1.82, 2.24) is 18.4 Å². The van der Waals surface area contributed by atoms with Crippen LogP contribution >= 0.6 is 0 Å². The Morgan fingerprint density at radius 2 is 1.68 bits per heavy atom. The van der Waals surface area contributed by atoms with E-state index in [0.717, 1.165) is 12.1 Å². The van der Waals surface area contributed by atoms with Crippen LogP contribution in [0.4, 0.5) is 0 Å². The molecular formula is C20H22N4O3S. The van der Waals surface area contributed by atoms with Gasteiger partial charge in [-0.2, -0.15) is 0 Å². The van der Waals surface area contributed by atoms with Crippen molar-refractivity contribution in [2.75, 3.05) is 6.54 Å². The lowest BCUT2D eigenvalue weighted by Gasteiger charge is -2.09. The van der Waals surface area contributed by atoms with E-state index in [2.05, 4.69) is 27.5 Å². The Bertz CT molecular complexity index is 1330. The zero-order chi connectivity index (χ0) is 19.9. The van der Waals surface area contributed by atoms with E-state index in [4.69, 9.17) is 0 Å². The molecule has 0 unspecified atom stereocenters. The summed E-state index contributed by atoms with van der Waals surface area (Å²) in [5.74, 6) is 0. The lowest BCUT2D eigenvalue weighted by atomic mass is 10.2. The topological polar surface area (TPSA) is 78.0 Å². The summed E-state index contributed by atoms with van der Waals surface area (Å²) >= 11 is 0. The average Bonchev–Trinajstić information content (AvgIpc) is 3.20. The van der Waals surface area contributed by atoms with Gasteiger partial charge in [-0.25, -0.2) is 17.9 Å². The maximum Gasteiger partial charge on any atom is 0.328 e. The van der Waals surface area contributed by atoms with E-state index in [1.165, 1.54) is 20.6 Å². The number of nitrogens with one attached hydrogen (secondary N) is 1. The highest BCUT2D eigenvalue weighted by Gasteiger charge is 2.16. The van der Waals surface area contributed by atoms with Crippen molar-refractivity contribution in [2.24, 2.45) is 14.1 Å². The zero-order valence-corrected chi connectivity index (χ0v) is 16.6. The van der Waals surface area contributed by atoms with Gasteiger partial charge in [-0.1, -0.05) is 18.2 Å². The highest BCUT2D eigenvalue weighted by Crippen LogP contribution is 2.18. The van der Waals surface area contributed by atoms with Crippen molar-refractivity contribution in [2.45, 2.75) is 17.9 Å². The molecule has 0 radical (unpaired) electrons. The number of rotatable bonds is 6. The van der Waals surface area contributed by atoms with E-state index in [1.807, 2.05) is 18.3 Å². The Morgan fingerprint density at radius 1 is 0.929 bits per heavy atom. The highest BCUT2D eigenvalue weighted by atomic mass is 32.2. The summed E-state index contributed by atoms with van der Waals surface area (Å²) in [5, 5.41) is 1.17. The van der Waals surface area contributed by atoms with E-state index in [9.17, 15) is 13.2 Å². The van der Waals surface area contributed by atoms with Gasteiger partial charge < -0.3 is 4.57 Å². The number of benzene rings is 2. The number of nitrogens with zero attached hydrogens (tertiary/aromatic N) is 3. The molecule has 0 saturated carbocycles. The summed E-state index contributed by atoms with van der Waals surface area (Å²) < 4.78 is 33.0. The number of sulfonamides is 1. The van der Waals surface area contributed by atoms with Crippen LogP contribution in [0.1, 0.15) is 6.42 Å². The quantitative estimate of drug-likeness (QED) is 0.506. The standard InChI is InChI=1S/C20H22N4O3S/c1-22-18-9-8-16(14-19(18)23(2)20(22)25)28(26,27)21-11-5-12-24-13-10-15-6-3-4-7-17(15)24/h3-4,6-10,13-14,21H,5,11-12H2,1-2H3. The van der Waals surface area contributed by atoms with Crippen LogP contribution in [-0.2, 0) is 30.7 Å². The predicted molar refractivity (Wildman–Crippen MR) is 110 cm³/mol. The zero-order valence-electron chi connectivity index (χ0n) is 15.8. The van der Waals surface area contributed by atoms with Crippen LogP contribution in [-0.4, -0.2) is 28.7 Å². The molecule has 0 aliphatic carbocycles. The third kappa shape index (κ3) is 3.14. The maximum absolute atomic E-state index is 12.6. The van der Waals surface area contributed by atoms with E-state index in [1.54, 1.807) is 26.2 Å². The highest BCUT2D eigenvalue weighted by molar-refractivity contribution is 7.89. The fourth-order valence-electron chi connectivity index (χ4n) is 3.53. The first-order valence-electron chi connectivity index (χ1n) is 9.07. The molecule has 8 heteroatoms. The Morgan fingerprint density at radius 3 is 2.50 bits per heavy atom. The number of hydrogen-bond donors (Lipinski definition) is 1. The molecule has 4 aromatic rings. The minimum atomic E-state index is -3.64. The molecule has 0 aliphatic rings. The van der Waals surface area contributed by atoms with Crippen LogP contribution in [0.25, 0.3) is 21.9 Å². The van der Waals surface area contributed by atoms with E-state index in [-0.39, 0.29) is 10.6 Å². The number of aryl methyl sites for hydroxylation is 3. The SMILES string of the molecule is Cn1c(=O)n(C)c2cc(S(=O)(=O)NCCCn3ccc4ccccc43)ccc21. The second-order valence-corrected chi connectivity index (χ2v) is 8.64. The Labute approximate surface area is 162 Å². The number of imidazole rings is 1. The third-order valence-corrected chi connectivity index (χ3v) is 6.56. The molecule has 4 rings (SSSR count). The minimum Gasteiger partial charge on any atom is -0.347 e. The summed E-state index contributed by atoms with van der Waals surface area (Å²) in [6.45, 7) is 1.06. The second-order valence-electron chi connectivity index (χ2n) is 6.87. The van der Waals surface area contributed by atoms with Crippen molar-refractivity contribution >= 4 is 32.0 Å². The second kappa shape index (κ2) is 6.96. The number of fused-ring (bicyclic) bond motifs is 2. The molecule has 146 valence electrons. The number of para-hydroxylation sites is 1. The smallest absolute Gasteiger partial charge is 0.328 e. The molecule has 0 bridgehead atoms. The molecule has 1 N–H and O–H groups in total. The molecular weight excluding hydrogens is 376 g/mol. The van der Waals surface area contributed by atoms with Crippen LogP contribution in [0.5, 0.6) is 0 Å². The number of hydrogen-bond acceptors (Lipinski definition) is 3. The van der Waals surface area contributed by atoms with Gasteiger partial charge in [0.25, 0.3) is 0 Å². The molecule has 0 saturated heterocycles. The monoisotopic (exact) mass is 398 g/mol. The Kier molecular flexibility index (Phi) is 4.60. The molecule has 0 fully saturated rings. The van der Waals surface area contributed by atoms with Gasteiger partial charge in [0.15, 0.2) is 0 Å². The molecule has 0 aliphatic heterocycles. The Balaban J connectivity index is 1.46. The predicted octanol–water partition coefficient (Wildman–Crippen LogP) is 2.20. The fourth-order valence-corrected chi connectivity index (χ4v) is 4.62. The fraction of sp³-hybridized carbons (Fsp3) is 0.250. The van der Waals surface area contributed by atoms with Gasteiger partial charge in [-0.15, -0.1) is 0 Å². The van der Waals surface area contributed by atoms with Crippen LogP contribution in [0.2, 0.25) is 0 Å². The van der Waals surface area contributed by atoms with Crippen molar-refractivity contribution in [3.05, 3.63) is 65.2 Å². The minimum absolute atomic E-state index is 0.160. The van der Waals surface area contributed by atoms with Gasteiger partial charge in [0.05, 0.1) is 15.9 Å². The lowest BCUT2D eigenvalue weighted by Crippen LogP contribution is -2.25. The van der Waals surface area contributed by atoms with Gasteiger partial charge in [0, 0.05) is 38.9 Å². The molecule has 2 aromatic heterocycles. The molecule has 0 atom stereocenters. The average molecular weight is 398 g/mol. The van der Waals surface area contributed by atoms with Crippen LogP contribution in [0.3, 0.4) is 0 Å². The van der Waals surface area contributed by atoms with Gasteiger partial charge in [0.2, 0.25) is 10.0 Å². The van der Waals surface area contributed by atoms with Crippen molar-refractivity contribution in [1.29, 1.82) is 0 Å². The van der Waals surface area contributed by atoms with Crippen LogP contribution in [0, 0.1) is 0 Å². The van der Waals surface area contributed by atoms with Crippen molar-refractivity contribution in [3.63, 3.8) is 0 Å². The largest absolute Gasteiger partial charge is 0.347 e. The Hall–Kier alpha value is -2.84. The summed E-state index contributed by atoms with van der Waals surface area (Å²) in [4.78, 5) is 12.2. The first kappa shape index (κ1) is 18.5. The van der Waals surface area contributed by atoms with Crippen LogP contribution in [0.15, 0.2) is 64.4 Å². The number of aromatic nitrogens is 3. The van der Waals surface area contributed by atoms with Crippen molar-refractivity contribution in [3.8, 4) is 0 Å². The summed E-state index contributed by atoms with van der Waals surface area (Å²) in [5.41, 5.74) is 2.25. The molecule has 2 aromatic carbocycles. The summed E-state index contributed by atoms with van der Waals surface area (Å²) in [6.07, 6.45) is 2.69. The molecule has 28 heavy (non-hydrogen) atoms. The van der Waals surface area contributed by atoms with Gasteiger partial charge in [0.1, 0.15) is 0 Å². The molecule has 0 spiro atoms. The summed E-state index contributed by atoms with van der Waals surface area (Å²) in [6, 6.07) is 14.9. The normalized spacial score (nSPS) is 12.2. The van der Waals surface area contributed by atoms with Gasteiger partial charge in [-0.3, -0.25) is 9.13 Å². The van der Waals surface area contributed by atoms with E-state index < -0.39 is 10.0 Å².